The first-order valence-corrected chi connectivity index (χ1v) is 12.6. The Balaban J connectivity index is 5.47. The maximum Gasteiger partial charge on any atom is 0.327 e. The third kappa shape index (κ3) is 10.1. The second kappa shape index (κ2) is 15.4. The van der Waals surface area contributed by atoms with Crippen LogP contribution in [0.3, 0.4) is 0 Å². The minimum Gasteiger partial charge on any atom is -0.480 e. The van der Waals surface area contributed by atoms with Gasteiger partial charge in [-0.15, -0.1) is 0 Å². The number of amides is 3. The largest absolute Gasteiger partial charge is 0.480 e. The van der Waals surface area contributed by atoms with Gasteiger partial charge in [-0.2, -0.15) is 24.4 Å². The fourth-order valence-electron chi connectivity index (χ4n) is 2.73. The monoisotopic (exact) mass is 478 g/mol. The Bertz CT molecular complexity index is 608. The Morgan fingerprint density at radius 2 is 1.39 bits per heavy atom. The highest BCUT2D eigenvalue weighted by atomic mass is 32.2. The lowest BCUT2D eigenvalue weighted by molar-refractivity contribution is -0.142. The topological polar surface area (TPSA) is 151 Å². The molecule has 0 saturated carbocycles. The third-order valence-electron chi connectivity index (χ3n) is 5.35. The van der Waals surface area contributed by atoms with E-state index < -0.39 is 47.9 Å². The van der Waals surface area contributed by atoms with E-state index in [4.69, 9.17) is 5.73 Å². The fraction of sp³-hybridized carbons (Fsp3) is 0.800. The summed E-state index contributed by atoms with van der Waals surface area (Å²) in [6, 6.07) is -3.71. The van der Waals surface area contributed by atoms with Gasteiger partial charge < -0.3 is 26.8 Å². The van der Waals surface area contributed by atoms with Gasteiger partial charge in [0, 0.05) is 5.75 Å². The summed E-state index contributed by atoms with van der Waals surface area (Å²) < 4.78 is 0. The van der Waals surface area contributed by atoms with Crippen LogP contribution >= 0.6 is 24.4 Å². The average molecular weight is 479 g/mol. The Labute approximate surface area is 194 Å². The smallest absolute Gasteiger partial charge is 0.327 e. The van der Waals surface area contributed by atoms with Crippen molar-refractivity contribution in [1.29, 1.82) is 0 Å². The van der Waals surface area contributed by atoms with Crippen molar-refractivity contribution >= 4 is 48.1 Å². The predicted octanol–water partition coefficient (Wildman–Crippen LogP) is 0.628. The number of nitrogens with one attached hydrogen (secondary N) is 3. The van der Waals surface area contributed by atoms with Gasteiger partial charge in [0.15, 0.2) is 0 Å². The number of carbonyl (C=O) groups is 4. The second-order valence-corrected chi connectivity index (χ2v) is 9.06. The molecule has 0 aliphatic carbocycles. The van der Waals surface area contributed by atoms with E-state index in [9.17, 15) is 24.3 Å². The zero-order chi connectivity index (χ0) is 24.1. The van der Waals surface area contributed by atoms with E-state index in [-0.39, 0.29) is 17.6 Å². The van der Waals surface area contributed by atoms with Crippen LogP contribution in [0.4, 0.5) is 0 Å². The summed E-state index contributed by atoms with van der Waals surface area (Å²) in [5.41, 5.74) is 5.93. The molecule has 0 bridgehead atoms. The summed E-state index contributed by atoms with van der Waals surface area (Å²) in [5.74, 6) is -2.53. The van der Waals surface area contributed by atoms with Crippen molar-refractivity contribution in [3.8, 4) is 0 Å². The van der Waals surface area contributed by atoms with Crippen molar-refractivity contribution in [1.82, 2.24) is 16.0 Å². The minimum atomic E-state index is -1.21. The van der Waals surface area contributed by atoms with E-state index >= 15 is 0 Å². The highest BCUT2D eigenvalue weighted by Crippen LogP contribution is 2.13. The molecule has 9 nitrogen and oxygen atoms in total. The van der Waals surface area contributed by atoms with E-state index in [1.807, 2.05) is 27.0 Å². The highest BCUT2D eigenvalue weighted by molar-refractivity contribution is 7.98. The molecule has 0 aliphatic heterocycles. The predicted molar refractivity (Wildman–Crippen MR) is 127 cm³/mol. The summed E-state index contributed by atoms with van der Waals surface area (Å²) in [6.45, 7) is 7.38. The summed E-state index contributed by atoms with van der Waals surface area (Å²) in [6.07, 6.45) is 3.61. The van der Waals surface area contributed by atoms with Gasteiger partial charge in [-0.05, 0) is 30.3 Å². The van der Waals surface area contributed by atoms with Crippen LogP contribution in [0.5, 0.6) is 0 Å². The minimum absolute atomic E-state index is 0.0816. The molecule has 0 fully saturated rings. The summed E-state index contributed by atoms with van der Waals surface area (Å²) >= 11 is 5.53. The number of hydrogen-bond donors (Lipinski definition) is 6. The number of carboxylic acid groups (broad SMARTS) is 1. The number of rotatable bonds is 15. The molecule has 0 saturated heterocycles. The molecule has 0 rings (SSSR count). The Morgan fingerprint density at radius 3 is 1.77 bits per heavy atom. The van der Waals surface area contributed by atoms with E-state index in [2.05, 4.69) is 28.6 Å². The molecule has 0 aromatic carbocycles. The number of thiol groups is 1. The molecule has 6 atom stereocenters. The zero-order valence-corrected chi connectivity index (χ0v) is 20.7. The molecule has 0 aliphatic rings. The summed E-state index contributed by atoms with van der Waals surface area (Å²) in [5, 5.41) is 17.0. The molecule has 0 aromatic heterocycles. The zero-order valence-electron chi connectivity index (χ0n) is 19.0. The Kier molecular flexibility index (Phi) is 14.6. The lowest BCUT2D eigenvalue weighted by atomic mass is 9.94. The number of aliphatic carboxylic acids is 1. The van der Waals surface area contributed by atoms with Gasteiger partial charge in [0.1, 0.15) is 18.1 Å². The van der Waals surface area contributed by atoms with Gasteiger partial charge in [0.25, 0.3) is 0 Å². The quantitative estimate of drug-likeness (QED) is 0.189. The standard InChI is InChI=1S/C20H38N4O5S2/c1-6-11(3)15(18(26)22-14(10-30)20(28)29)24-19(27)16(12(4)7-2)23-17(25)13(21)8-9-31-5/h11-16,30H,6-10,21H2,1-5H3,(H,22,26)(H,23,25)(H,24,27)(H,28,29). The second-order valence-electron chi connectivity index (χ2n) is 7.71. The van der Waals surface area contributed by atoms with Crippen LogP contribution < -0.4 is 21.7 Å². The molecule has 6 unspecified atom stereocenters. The molecule has 6 N–H and O–H groups in total. The molecule has 0 heterocycles. The number of hydrogen-bond acceptors (Lipinski definition) is 7. The first-order valence-electron chi connectivity index (χ1n) is 10.5. The van der Waals surface area contributed by atoms with Crippen LogP contribution in [0.1, 0.15) is 47.0 Å². The van der Waals surface area contributed by atoms with Crippen LogP contribution in [0.2, 0.25) is 0 Å². The molecular formula is C20H38N4O5S2. The SMILES string of the molecule is CCC(C)C(NC(=O)C(N)CCSC)C(=O)NC(C(=O)NC(CS)C(=O)O)C(C)CC. The van der Waals surface area contributed by atoms with Gasteiger partial charge in [-0.25, -0.2) is 4.79 Å². The van der Waals surface area contributed by atoms with E-state index in [0.29, 0.717) is 19.3 Å². The van der Waals surface area contributed by atoms with E-state index in [1.165, 1.54) is 0 Å². The molecule has 0 spiro atoms. The molecular weight excluding hydrogens is 440 g/mol. The molecule has 3 amide bonds. The summed E-state index contributed by atoms with van der Waals surface area (Å²) in [4.78, 5) is 49.5. The third-order valence-corrected chi connectivity index (χ3v) is 6.36. The maximum absolute atomic E-state index is 13.1. The summed E-state index contributed by atoms with van der Waals surface area (Å²) in [7, 11) is 0. The lowest BCUT2D eigenvalue weighted by Gasteiger charge is -2.30. The Morgan fingerprint density at radius 1 is 0.935 bits per heavy atom. The van der Waals surface area contributed by atoms with Crippen molar-refractivity contribution in [2.45, 2.75) is 71.1 Å². The number of nitrogens with two attached hydrogens (primary N) is 1. The Hall–Kier alpha value is -1.46. The van der Waals surface area contributed by atoms with Crippen molar-refractivity contribution in [3.63, 3.8) is 0 Å². The van der Waals surface area contributed by atoms with Gasteiger partial charge in [0.05, 0.1) is 6.04 Å². The highest BCUT2D eigenvalue weighted by Gasteiger charge is 2.34. The maximum atomic E-state index is 13.1. The fourth-order valence-corrected chi connectivity index (χ4v) is 3.47. The number of thioether (sulfide) groups is 1. The normalized spacial score (nSPS) is 16.9. The molecule has 180 valence electrons. The van der Waals surface area contributed by atoms with Crippen LogP contribution in [0, 0.1) is 11.8 Å². The van der Waals surface area contributed by atoms with Crippen molar-refractivity contribution in [2.75, 3.05) is 17.8 Å². The van der Waals surface area contributed by atoms with Gasteiger partial charge >= 0.3 is 5.97 Å². The van der Waals surface area contributed by atoms with Crippen molar-refractivity contribution in [2.24, 2.45) is 17.6 Å². The molecule has 31 heavy (non-hydrogen) atoms. The van der Waals surface area contributed by atoms with Crippen molar-refractivity contribution < 1.29 is 24.3 Å². The average Bonchev–Trinajstić information content (AvgIpc) is 2.75. The molecule has 11 heteroatoms. The van der Waals surface area contributed by atoms with Crippen LogP contribution in [-0.2, 0) is 19.2 Å². The first-order chi connectivity index (χ1) is 14.5. The number of carboxylic acids is 1. The van der Waals surface area contributed by atoms with Crippen molar-refractivity contribution in [3.05, 3.63) is 0 Å². The van der Waals surface area contributed by atoms with Gasteiger partial charge in [0.2, 0.25) is 17.7 Å². The van der Waals surface area contributed by atoms with E-state index in [0.717, 1.165) is 5.75 Å². The van der Waals surface area contributed by atoms with Gasteiger partial charge in [-0.3, -0.25) is 14.4 Å². The lowest BCUT2D eigenvalue weighted by Crippen LogP contribution is -2.60. The number of carbonyl (C=O) groups excluding carboxylic acids is 3. The first kappa shape index (κ1) is 29.5. The van der Waals surface area contributed by atoms with E-state index in [1.54, 1.807) is 18.7 Å². The molecule has 0 aromatic rings. The van der Waals surface area contributed by atoms with Crippen LogP contribution in [-0.4, -0.2) is 70.7 Å². The van der Waals surface area contributed by atoms with Crippen LogP contribution in [0.25, 0.3) is 0 Å². The van der Waals surface area contributed by atoms with Crippen LogP contribution in [0.15, 0.2) is 0 Å². The molecule has 0 radical (unpaired) electrons. The van der Waals surface area contributed by atoms with Gasteiger partial charge in [-0.1, -0.05) is 40.5 Å².